The zero-order valence-electron chi connectivity index (χ0n) is 7.83. The Labute approximate surface area is 86.5 Å². The summed E-state index contributed by atoms with van der Waals surface area (Å²) in [6, 6.07) is 0. The minimum Gasteiger partial charge on any atom is -0.478 e. The van der Waals surface area contributed by atoms with Crippen LogP contribution in [0, 0.1) is 0 Å². The minimum atomic E-state index is -0.975. The molecule has 14 heavy (non-hydrogen) atoms. The van der Waals surface area contributed by atoms with Crippen LogP contribution < -0.4 is 0 Å². The van der Waals surface area contributed by atoms with E-state index in [-0.39, 0.29) is 10.7 Å². The van der Waals surface area contributed by atoms with Crippen LogP contribution in [0.2, 0.25) is 5.15 Å². The van der Waals surface area contributed by atoms with Crippen molar-refractivity contribution in [2.45, 2.75) is 32.2 Å². The summed E-state index contributed by atoms with van der Waals surface area (Å²) in [6.45, 7) is 2.49. The Kier molecular flexibility index (Phi) is 2.23. The molecule has 0 atom stereocenters. The zero-order valence-corrected chi connectivity index (χ0v) is 8.58. The van der Waals surface area contributed by atoms with Gasteiger partial charge in [0, 0.05) is 12.5 Å². The molecule has 1 aliphatic carbocycles. The quantitative estimate of drug-likeness (QED) is 0.839. The molecular formula is C9H11ClN2O2. The lowest BCUT2D eigenvalue weighted by Gasteiger charge is -1.95. The van der Waals surface area contributed by atoms with Crippen LogP contribution in [-0.2, 0) is 6.54 Å². The van der Waals surface area contributed by atoms with Gasteiger partial charge in [-0.1, -0.05) is 11.6 Å². The second kappa shape index (κ2) is 3.28. The topological polar surface area (TPSA) is 55.1 Å². The summed E-state index contributed by atoms with van der Waals surface area (Å²) >= 11 is 5.92. The van der Waals surface area contributed by atoms with Crippen molar-refractivity contribution in [3.05, 3.63) is 16.4 Å². The Morgan fingerprint density at radius 2 is 2.36 bits per heavy atom. The number of aromatic carboxylic acids is 1. The molecule has 0 aliphatic heterocycles. The number of aromatic nitrogens is 2. The molecule has 0 amide bonds. The highest BCUT2D eigenvalue weighted by molar-refractivity contribution is 6.32. The first-order chi connectivity index (χ1) is 6.65. The molecule has 0 spiro atoms. The van der Waals surface area contributed by atoms with Gasteiger partial charge in [-0.3, -0.25) is 4.68 Å². The molecular weight excluding hydrogens is 204 g/mol. The molecule has 5 heteroatoms. The molecule has 0 bridgehead atoms. The van der Waals surface area contributed by atoms with Crippen molar-refractivity contribution in [2.24, 2.45) is 0 Å². The van der Waals surface area contributed by atoms with Gasteiger partial charge in [0.25, 0.3) is 0 Å². The fourth-order valence-corrected chi connectivity index (χ4v) is 1.84. The molecule has 1 saturated carbocycles. The lowest BCUT2D eigenvalue weighted by molar-refractivity contribution is 0.0696. The van der Waals surface area contributed by atoms with Gasteiger partial charge < -0.3 is 5.11 Å². The van der Waals surface area contributed by atoms with Crippen LogP contribution in [0.1, 0.15) is 41.7 Å². The number of aryl methyl sites for hydroxylation is 1. The fraction of sp³-hybridized carbons (Fsp3) is 0.556. The van der Waals surface area contributed by atoms with Crippen LogP contribution >= 0.6 is 11.6 Å². The summed E-state index contributed by atoms with van der Waals surface area (Å²) in [5, 5.41) is 13.5. The van der Waals surface area contributed by atoms with Crippen molar-refractivity contribution in [1.82, 2.24) is 9.78 Å². The number of rotatable bonds is 3. The van der Waals surface area contributed by atoms with Crippen LogP contribution in [0.3, 0.4) is 0 Å². The van der Waals surface area contributed by atoms with E-state index in [1.807, 2.05) is 6.92 Å². The lowest BCUT2D eigenvalue weighted by Crippen LogP contribution is -1.99. The second-order valence-electron chi connectivity index (χ2n) is 3.45. The number of carboxylic acids is 1. The summed E-state index contributed by atoms with van der Waals surface area (Å²) in [4.78, 5) is 11.0. The van der Waals surface area contributed by atoms with E-state index in [9.17, 15) is 4.79 Å². The van der Waals surface area contributed by atoms with E-state index in [1.54, 1.807) is 4.68 Å². The van der Waals surface area contributed by atoms with Crippen molar-refractivity contribution in [1.29, 1.82) is 0 Å². The van der Waals surface area contributed by atoms with Crippen molar-refractivity contribution in [2.75, 3.05) is 0 Å². The number of carbonyl (C=O) groups is 1. The predicted octanol–water partition coefficient (Wildman–Crippen LogP) is 2.13. The van der Waals surface area contributed by atoms with E-state index in [0.717, 1.165) is 12.8 Å². The molecule has 0 unspecified atom stereocenters. The molecule has 0 saturated heterocycles. The lowest BCUT2D eigenvalue weighted by atomic mass is 10.2. The third kappa shape index (κ3) is 1.39. The number of hydrogen-bond donors (Lipinski definition) is 1. The first kappa shape index (κ1) is 9.52. The van der Waals surface area contributed by atoms with Gasteiger partial charge in [0.1, 0.15) is 10.7 Å². The van der Waals surface area contributed by atoms with Gasteiger partial charge in [-0.05, 0) is 19.8 Å². The number of nitrogens with zero attached hydrogens (tertiary/aromatic N) is 2. The molecule has 0 radical (unpaired) electrons. The Balaban J connectivity index is 2.51. The predicted molar refractivity (Wildman–Crippen MR) is 51.8 cm³/mol. The average molecular weight is 215 g/mol. The van der Waals surface area contributed by atoms with E-state index in [4.69, 9.17) is 16.7 Å². The van der Waals surface area contributed by atoms with Gasteiger partial charge >= 0.3 is 5.97 Å². The van der Waals surface area contributed by atoms with Gasteiger partial charge in [-0.25, -0.2) is 4.79 Å². The summed E-state index contributed by atoms with van der Waals surface area (Å²) in [5.74, 6) is -0.664. The van der Waals surface area contributed by atoms with E-state index >= 15 is 0 Å². The second-order valence-corrected chi connectivity index (χ2v) is 3.80. The van der Waals surface area contributed by atoms with Crippen LogP contribution in [0.4, 0.5) is 0 Å². The maximum absolute atomic E-state index is 11.0. The zero-order chi connectivity index (χ0) is 10.3. The van der Waals surface area contributed by atoms with Crippen molar-refractivity contribution in [3.63, 3.8) is 0 Å². The highest BCUT2D eigenvalue weighted by atomic mass is 35.5. The van der Waals surface area contributed by atoms with E-state index < -0.39 is 5.97 Å². The average Bonchev–Trinajstić information content (AvgIpc) is 2.90. The standard InChI is InChI=1S/C9H11ClN2O2/c1-2-12-8(10)6(9(13)14)7(11-12)5-3-4-5/h5H,2-4H2,1H3,(H,13,14). The molecule has 1 aromatic heterocycles. The van der Waals surface area contributed by atoms with Gasteiger partial charge in [0.15, 0.2) is 0 Å². The van der Waals surface area contributed by atoms with Gasteiger partial charge in [-0.2, -0.15) is 5.10 Å². The highest BCUT2D eigenvalue weighted by Crippen LogP contribution is 2.42. The highest BCUT2D eigenvalue weighted by Gasteiger charge is 2.33. The van der Waals surface area contributed by atoms with Crippen molar-refractivity contribution >= 4 is 17.6 Å². The Bertz CT molecular complexity index is 382. The first-order valence-electron chi connectivity index (χ1n) is 4.64. The van der Waals surface area contributed by atoms with Crippen molar-refractivity contribution < 1.29 is 9.90 Å². The monoisotopic (exact) mass is 214 g/mol. The molecule has 1 fully saturated rings. The van der Waals surface area contributed by atoms with Crippen LogP contribution in [0.25, 0.3) is 0 Å². The van der Waals surface area contributed by atoms with Gasteiger partial charge in [0.2, 0.25) is 0 Å². The molecule has 1 heterocycles. The summed E-state index contributed by atoms with van der Waals surface area (Å²) in [7, 11) is 0. The summed E-state index contributed by atoms with van der Waals surface area (Å²) in [6.07, 6.45) is 2.05. The first-order valence-corrected chi connectivity index (χ1v) is 5.02. The molecule has 2 rings (SSSR count). The Hall–Kier alpha value is -1.03. The minimum absolute atomic E-state index is 0.191. The molecule has 4 nitrogen and oxygen atoms in total. The Morgan fingerprint density at radius 1 is 1.71 bits per heavy atom. The van der Waals surface area contributed by atoms with E-state index in [2.05, 4.69) is 5.10 Å². The van der Waals surface area contributed by atoms with Gasteiger partial charge in [-0.15, -0.1) is 0 Å². The molecule has 1 aromatic rings. The molecule has 1 N–H and O–H groups in total. The smallest absolute Gasteiger partial charge is 0.340 e. The Morgan fingerprint density at radius 3 is 2.79 bits per heavy atom. The molecule has 0 aromatic carbocycles. The summed E-state index contributed by atoms with van der Waals surface area (Å²) < 4.78 is 1.54. The van der Waals surface area contributed by atoms with E-state index in [1.165, 1.54) is 0 Å². The number of carboxylic acid groups (broad SMARTS) is 1. The van der Waals surface area contributed by atoms with Crippen LogP contribution in [-0.4, -0.2) is 20.9 Å². The van der Waals surface area contributed by atoms with Crippen LogP contribution in [0.15, 0.2) is 0 Å². The SMILES string of the molecule is CCn1nc(C2CC2)c(C(=O)O)c1Cl. The van der Waals surface area contributed by atoms with Crippen molar-refractivity contribution in [3.8, 4) is 0 Å². The van der Waals surface area contributed by atoms with Gasteiger partial charge in [0.05, 0.1) is 5.69 Å². The van der Waals surface area contributed by atoms with Crippen LogP contribution in [0.5, 0.6) is 0 Å². The third-order valence-corrected chi connectivity index (χ3v) is 2.78. The molecule has 76 valence electrons. The van der Waals surface area contributed by atoms with E-state index in [0.29, 0.717) is 18.2 Å². The number of hydrogen-bond acceptors (Lipinski definition) is 2. The largest absolute Gasteiger partial charge is 0.478 e. The fourth-order valence-electron chi connectivity index (χ4n) is 1.51. The maximum atomic E-state index is 11.0. The summed E-state index contributed by atoms with van der Waals surface area (Å²) in [5.41, 5.74) is 0.848. The maximum Gasteiger partial charge on any atom is 0.340 e. The molecule has 1 aliphatic rings. The third-order valence-electron chi connectivity index (χ3n) is 2.39. The normalized spacial score (nSPS) is 15.9. The number of halogens is 1.